The number of methoxy groups -OCH3 is 1. The fraction of sp³-hybridized carbons (Fsp3) is 0.364. The second-order valence-corrected chi connectivity index (χ2v) is 6.93. The van der Waals surface area contributed by atoms with Crippen LogP contribution in [0.4, 0.5) is 0 Å². The van der Waals surface area contributed by atoms with Crippen LogP contribution in [0.5, 0.6) is 11.5 Å². The number of carbonyl (C=O) groups is 2. The predicted molar refractivity (Wildman–Crippen MR) is 107 cm³/mol. The summed E-state index contributed by atoms with van der Waals surface area (Å²) >= 11 is 0. The van der Waals surface area contributed by atoms with Gasteiger partial charge < -0.3 is 19.9 Å². The summed E-state index contributed by atoms with van der Waals surface area (Å²) in [5.41, 5.74) is 1.49. The van der Waals surface area contributed by atoms with Crippen molar-refractivity contribution >= 4 is 11.9 Å². The van der Waals surface area contributed by atoms with Gasteiger partial charge in [-0.1, -0.05) is 38.1 Å². The molecule has 0 heterocycles. The van der Waals surface area contributed by atoms with Gasteiger partial charge in [0.05, 0.1) is 25.7 Å². The lowest BCUT2D eigenvalue weighted by Gasteiger charge is -2.13. The highest BCUT2D eigenvalue weighted by Crippen LogP contribution is 2.28. The highest BCUT2D eigenvalue weighted by Gasteiger charge is 2.13. The third-order valence-electron chi connectivity index (χ3n) is 4.27. The van der Waals surface area contributed by atoms with E-state index in [0.29, 0.717) is 36.1 Å². The monoisotopic (exact) mass is 385 g/mol. The molecule has 150 valence electrons. The van der Waals surface area contributed by atoms with Crippen LogP contribution in [0.2, 0.25) is 0 Å². The Bertz CT molecular complexity index is 816. The Kier molecular flexibility index (Phi) is 7.87. The molecule has 0 spiro atoms. The molecule has 0 aliphatic rings. The van der Waals surface area contributed by atoms with Crippen LogP contribution in [0, 0.1) is 5.92 Å². The summed E-state index contributed by atoms with van der Waals surface area (Å²) in [6.07, 6.45) is 0.967. The minimum absolute atomic E-state index is 0.00993. The molecule has 0 saturated carbocycles. The van der Waals surface area contributed by atoms with Crippen molar-refractivity contribution in [2.45, 2.75) is 33.2 Å². The molecule has 2 aromatic rings. The number of carboxylic acid groups (broad SMARTS) is 1. The summed E-state index contributed by atoms with van der Waals surface area (Å²) in [5.74, 6) is 0.568. The maximum Gasteiger partial charge on any atom is 0.335 e. The van der Waals surface area contributed by atoms with Crippen LogP contribution in [0.1, 0.15) is 41.8 Å². The molecule has 0 aromatic heterocycles. The van der Waals surface area contributed by atoms with E-state index in [1.54, 1.807) is 25.3 Å². The van der Waals surface area contributed by atoms with Crippen molar-refractivity contribution in [1.29, 1.82) is 0 Å². The summed E-state index contributed by atoms with van der Waals surface area (Å²) < 4.78 is 11.2. The molecule has 0 saturated heterocycles. The van der Waals surface area contributed by atoms with Crippen LogP contribution in [-0.4, -0.2) is 30.7 Å². The lowest BCUT2D eigenvalue weighted by molar-refractivity contribution is -0.120. The molecular weight excluding hydrogens is 358 g/mol. The first-order chi connectivity index (χ1) is 13.4. The SMILES string of the molecule is COc1cc(CNC(=O)Cc2ccccc2C(=O)O)ccc1OCCC(C)C. The normalized spacial score (nSPS) is 10.6. The van der Waals surface area contributed by atoms with E-state index >= 15 is 0 Å². The molecule has 0 unspecified atom stereocenters. The van der Waals surface area contributed by atoms with Crippen molar-refractivity contribution in [2.75, 3.05) is 13.7 Å². The Labute approximate surface area is 165 Å². The fourth-order valence-electron chi connectivity index (χ4n) is 2.67. The lowest BCUT2D eigenvalue weighted by Crippen LogP contribution is -2.25. The maximum absolute atomic E-state index is 12.2. The second-order valence-electron chi connectivity index (χ2n) is 6.93. The number of carbonyl (C=O) groups excluding carboxylic acids is 1. The van der Waals surface area contributed by atoms with E-state index < -0.39 is 5.97 Å². The largest absolute Gasteiger partial charge is 0.493 e. The number of hydrogen-bond acceptors (Lipinski definition) is 4. The van der Waals surface area contributed by atoms with Gasteiger partial charge in [0.15, 0.2) is 11.5 Å². The van der Waals surface area contributed by atoms with Gasteiger partial charge in [0.25, 0.3) is 0 Å². The topological polar surface area (TPSA) is 84.9 Å². The van der Waals surface area contributed by atoms with Crippen molar-refractivity contribution in [3.05, 3.63) is 59.2 Å². The highest BCUT2D eigenvalue weighted by atomic mass is 16.5. The molecule has 0 radical (unpaired) electrons. The van der Waals surface area contributed by atoms with Gasteiger partial charge in [0.2, 0.25) is 5.91 Å². The van der Waals surface area contributed by atoms with Crippen LogP contribution in [-0.2, 0) is 17.8 Å². The maximum atomic E-state index is 12.2. The van der Waals surface area contributed by atoms with Gasteiger partial charge in [0.1, 0.15) is 0 Å². The minimum Gasteiger partial charge on any atom is -0.493 e. The van der Waals surface area contributed by atoms with Crippen LogP contribution in [0.25, 0.3) is 0 Å². The van der Waals surface area contributed by atoms with Crippen molar-refractivity contribution in [3.63, 3.8) is 0 Å². The Hall–Kier alpha value is -3.02. The molecule has 0 aliphatic heterocycles. The third kappa shape index (κ3) is 6.30. The Morgan fingerprint density at radius 3 is 2.54 bits per heavy atom. The van der Waals surface area contributed by atoms with Gasteiger partial charge in [0, 0.05) is 6.54 Å². The van der Waals surface area contributed by atoms with Gasteiger partial charge >= 0.3 is 5.97 Å². The van der Waals surface area contributed by atoms with Crippen molar-refractivity contribution < 1.29 is 24.2 Å². The van der Waals surface area contributed by atoms with Gasteiger partial charge in [-0.15, -0.1) is 0 Å². The number of aromatic carboxylic acids is 1. The highest BCUT2D eigenvalue weighted by molar-refractivity contribution is 5.91. The molecule has 2 rings (SSSR count). The minimum atomic E-state index is -1.04. The van der Waals surface area contributed by atoms with Crippen LogP contribution >= 0.6 is 0 Å². The third-order valence-corrected chi connectivity index (χ3v) is 4.27. The molecule has 2 N–H and O–H groups in total. The van der Waals surface area contributed by atoms with E-state index in [2.05, 4.69) is 19.2 Å². The average Bonchev–Trinajstić information content (AvgIpc) is 2.67. The van der Waals surface area contributed by atoms with Gasteiger partial charge in [-0.2, -0.15) is 0 Å². The molecule has 0 fully saturated rings. The zero-order chi connectivity index (χ0) is 20.5. The van der Waals surface area contributed by atoms with Crippen molar-refractivity contribution in [3.8, 4) is 11.5 Å². The van der Waals surface area contributed by atoms with Crippen LogP contribution < -0.4 is 14.8 Å². The van der Waals surface area contributed by atoms with Gasteiger partial charge in [-0.25, -0.2) is 4.79 Å². The molecule has 0 aliphatic carbocycles. The number of nitrogens with one attached hydrogen (secondary N) is 1. The van der Waals surface area contributed by atoms with Gasteiger partial charge in [-0.3, -0.25) is 4.79 Å². The average molecular weight is 385 g/mol. The number of ether oxygens (including phenoxy) is 2. The molecule has 0 bridgehead atoms. The Morgan fingerprint density at radius 2 is 1.86 bits per heavy atom. The van der Waals surface area contributed by atoms with E-state index in [9.17, 15) is 14.7 Å². The molecule has 2 aromatic carbocycles. The summed E-state index contributed by atoms with van der Waals surface area (Å²) in [7, 11) is 1.58. The van der Waals surface area contributed by atoms with E-state index in [0.717, 1.165) is 12.0 Å². The zero-order valence-electron chi connectivity index (χ0n) is 16.5. The molecule has 1 amide bonds. The van der Waals surface area contributed by atoms with Crippen LogP contribution in [0.15, 0.2) is 42.5 Å². The second kappa shape index (κ2) is 10.3. The fourth-order valence-corrected chi connectivity index (χ4v) is 2.67. The number of hydrogen-bond donors (Lipinski definition) is 2. The zero-order valence-corrected chi connectivity index (χ0v) is 16.5. The quantitative estimate of drug-likeness (QED) is 0.652. The summed E-state index contributed by atoms with van der Waals surface area (Å²) in [4.78, 5) is 23.5. The standard InChI is InChI=1S/C22H27NO5/c1-15(2)10-11-28-19-9-8-16(12-20(19)27-3)14-23-21(24)13-17-6-4-5-7-18(17)22(25)26/h4-9,12,15H,10-11,13-14H2,1-3H3,(H,23,24)(H,25,26). The first-order valence-corrected chi connectivity index (χ1v) is 9.28. The predicted octanol–water partition coefficient (Wildman–Crippen LogP) is 3.68. The number of carboxylic acids is 1. The van der Waals surface area contributed by atoms with E-state index in [-0.39, 0.29) is 17.9 Å². The van der Waals surface area contributed by atoms with Crippen molar-refractivity contribution in [1.82, 2.24) is 5.32 Å². The first-order valence-electron chi connectivity index (χ1n) is 9.28. The lowest BCUT2D eigenvalue weighted by atomic mass is 10.0. The first kappa shape index (κ1) is 21.3. The summed E-state index contributed by atoms with van der Waals surface area (Å²) in [6, 6.07) is 12.0. The van der Waals surface area contributed by atoms with E-state index in [1.165, 1.54) is 6.07 Å². The molecule has 6 nitrogen and oxygen atoms in total. The number of rotatable bonds is 10. The number of benzene rings is 2. The summed E-state index contributed by atoms with van der Waals surface area (Å²) in [6.45, 7) is 5.21. The van der Waals surface area contributed by atoms with Crippen molar-refractivity contribution in [2.24, 2.45) is 5.92 Å². The Morgan fingerprint density at radius 1 is 1.11 bits per heavy atom. The Balaban J connectivity index is 1.95. The van der Waals surface area contributed by atoms with Crippen LogP contribution in [0.3, 0.4) is 0 Å². The summed E-state index contributed by atoms with van der Waals surface area (Å²) in [5, 5.41) is 12.0. The van der Waals surface area contributed by atoms with Gasteiger partial charge in [-0.05, 0) is 41.7 Å². The molecular formula is C22H27NO5. The van der Waals surface area contributed by atoms with E-state index in [1.807, 2.05) is 18.2 Å². The van der Waals surface area contributed by atoms with E-state index in [4.69, 9.17) is 9.47 Å². The molecule has 28 heavy (non-hydrogen) atoms. The molecule has 6 heteroatoms. The number of amides is 1. The molecule has 0 atom stereocenters. The smallest absolute Gasteiger partial charge is 0.335 e.